The van der Waals surface area contributed by atoms with Crippen LogP contribution in [-0.2, 0) is 11.3 Å². The molecule has 0 saturated carbocycles. The van der Waals surface area contributed by atoms with E-state index in [1.807, 2.05) is 37.3 Å². The highest BCUT2D eigenvalue weighted by Gasteiger charge is 2.13. The van der Waals surface area contributed by atoms with Gasteiger partial charge in [-0.3, -0.25) is 9.59 Å². The summed E-state index contributed by atoms with van der Waals surface area (Å²) in [6.07, 6.45) is 1.62. The number of amides is 1. The third-order valence-electron chi connectivity index (χ3n) is 3.93. The number of rotatable bonds is 4. The maximum atomic E-state index is 12.3. The molecule has 0 saturated heterocycles. The van der Waals surface area contributed by atoms with Gasteiger partial charge in [0.2, 0.25) is 5.91 Å². The van der Waals surface area contributed by atoms with E-state index in [-0.39, 0.29) is 24.1 Å². The molecule has 24 heavy (non-hydrogen) atoms. The van der Waals surface area contributed by atoms with Crippen molar-refractivity contribution in [2.45, 2.75) is 19.5 Å². The lowest BCUT2D eigenvalue weighted by atomic mass is 10.00. The maximum Gasteiger partial charge on any atom is 0.251 e. The largest absolute Gasteiger partial charge is 0.348 e. The first kappa shape index (κ1) is 16.5. The molecule has 0 bridgehead atoms. The molecule has 1 atom stereocenters. The normalized spacial score (nSPS) is 12.1. The number of carbonyl (C=O) groups is 1. The summed E-state index contributed by atoms with van der Waals surface area (Å²) >= 11 is 3.31. The Labute approximate surface area is 148 Å². The Bertz CT molecular complexity index is 944. The predicted octanol–water partition coefficient (Wildman–Crippen LogP) is 3.64. The SMILES string of the molecule is CC(NC(=O)Cn1cc(Br)ccc1=O)c1cccc2ccccc12. The number of benzene rings is 2. The van der Waals surface area contributed by atoms with Crippen LogP contribution in [0.3, 0.4) is 0 Å². The van der Waals surface area contributed by atoms with E-state index in [9.17, 15) is 9.59 Å². The first-order valence-corrected chi connectivity index (χ1v) is 8.47. The van der Waals surface area contributed by atoms with Gasteiger partial charge in [0.25, 0.3) is 5.56 Å². The standard InChI is InChI=1S/C19H17BrN2O2/c1-13(16-8-4-6-14-5-2-3-7-17(14)16)21-18(23)12-22-11-15(20)9-10-19(22)24/h2-11,13H,12H2,1H3,(H,21,23). The number of nitrogens with zero attached hydrogens (tertiary/aromatic N) is 1. The Morgan fingerprint density at radius 3 is 2.71 bits per heavy atom. The molecule has 122 valence electrons. The van der Waals surface area contributed by atoms with Crippen LogP contribution in [0.2, 0.25) is 0 Å². The second-order valence-electron chi connectivity index (χ2n) is 5.67. The summed E-state index contributed by atoms with van der Waals surface area (Å²) in [5.41, 5.74) is 0.856. The minimum atomic E-state index is -0.203. The molecule has 1 unspecified atom stereocenters. The zero-order valence-electron chi connectivity index (χ0n) is 13.2. The summed E-state index contributed by atoms with van der Waals surface area (Å²) in [5.74, 6) is -0.198. The summed E-state index contributed by atoms with van der Waals surface area (Å²) < 4.78 is 2.15. The molecule has 1 heterocycles. The van der Waals surface area contributed by atoms with Crippen molar-refractivity contribution in [3.8, 4) is 0 Å². The van der Waals surface area contributed by atoms with Crippen LogP contribution in [0.15, 0.2) is 70.1 Å². The van der Waals surface area contributed by atoms with Crippen LogP contribution in [0.5, 0.6) is 0 Å². The third-order valence-corrected chi connectivity index (χ3v) is 4.40. The lowest BCUT2D eigenvalue weighted by molar-refractivity contribution is -0.122. The Kier molecular flexibility index (Phi) is 4.81. The molecule has 0 fully saturated rings. The van der Waals surface area contributed by atoms with Crippen molar-refractivity contribution in [1.82, 2.24) is 9.88 Å². The molecule has 1 amide bonds. The Balaban J connectivity index is 1.78. The van der Waals surface area contributed by atoms with Gasteiger partial charge in [-0.15, -0.1) is 0 Å². The van der Waals surface area contributed by atoms with Crippen LogP contribution in [0.25, 0.3) is 10.8 Å². The number of carbonyl (C=O) groups excluding carboxylic acids is 1. The topological polar surface area (TPSA) is 51.1 Å². The van der Waals surface area contributed by atoms with E-state index < -0.39 is 0 Å². The Hall–Kier alpha value is -2.40. The fourth-order valence-electron chi connectivity index (χ4n) is 2.77. The number of halogens is 1. The number of fused-ring (bicyclic) bond motifs is 1. The van der Waals surface area contributed by atoms with Crippen LogP contribution < -0.4 is 10.9 Å². The summed E-state index contributed by atoms with van der Waals surface area (Å²) in [7, 11) is 0. The quantitative estimate of drug-likeness (QED) is 0.746. The van der Waals surface area contributed by atoms with Crippen molar-refractivity contribution in [2.75, 3.05) is 0 Å². The number of aromatic nitrogens is 1. The molecule has 2 aromatic carbocycles. The number of hydrogen-bond acceptors (Lipinski definition) is 2. The van der Waals surface area contributed by atoms with Gasteiger partial charge in [-0.05, 0) is 45.3 Å². The van der Waals surface area contributed by atoms with Crippen LogP contribution in [-0.4, -0.2) is 10.5 Å². The molecule has 3 rings (SSSR count). The van der Waals surface area contributed by atoms with E-state index in [0.717, 1.165) is 20.8 Å². The fourth-order valence-corrected chi connectivity index (χ4v) is 3.15. The molecule has 1 aromatic heterocycles. The van der Waals surface area contributed by atoms with Gasteiger partial charge >= 0.3 is 0 Å². The van der Waals surface area contributed by atoms with Gasteiger partial charge in [0.05, 0.1) is 6.04 Å². The lowest BCUT2D eigenvalue weighted by Crippen LogP contribution is -2.33. The molecular weight excluding hydrogens is 368 g/mol. The van der Waals surface area contributed by atoms with E-state index in [1.165, 1.54) is 10.6 Å². The molecule has 0 aliphatic carbocycles. The van der Waals surface area contributed by atoms with Crippen molar-refractivity contribution < 1.29 is 4.79 Å². The monoisotopic (exact) mass is 384 g/mol. The van der Waals surface area contributed by atoms with Gasteiger partial charge in [0.15, 0.2) is 0 Å². The van der Waals surface area contributed by atoms with E-state index in [4.69, 9.17) is 0 Å². The van der Waals surface area contributed by atoms with Gasteiger partial charge < -0.3 is 9.88 Å². The minimum absolute atomic E-state index is 0.00657. The molecule has 4 nitrogen and oxygen atoms in total. The van der Waals surface area contributed by atoms with Crippen LogP contribution in [0.4, 0.5) is 0 Å². The summed E-state index contributed by atoms with van der Waals surface area (Å²) in [6.45, 7) is 1.94. The van der Waals surface area contributed by atoms with Gasteiger partial charge in [0.1, 0.15) is 6.54 Å². The van der Waals surface area contributed by atoms with E-state index in [1.54, 1.807) is 12.3 Å². The van der Waals surface area contributed by atoms with Gasteiger partial charge in [0, 0.05) is 16.7 Å². The Morgan fingerprint density at radius 1 is 1.12 bits per heavy atom. The average molecular weight is 385 g/mol. The highest BCUT2D eigenvalue weighted by Crippen LogP contribution is 2.23. The first-order valence-electron chi connectivity index (χ1n) is 7.67. The van der Waals surface area contributed by atoms with Gasteiger partial charge in [-0.2, -0.15) is 0 Å². The zero-order valence-corrected chi connectivity index (χ0v) is 14.8. The third kappa shape index (κ3) is 3.57. The predicted molar refractivity (Wildman–Crippen MR) is 98.9 cm³/mol. The van der Waals surface area contributed by atoms with Crippen LogP contribution >= 0.6 is 15.9 Å². The molecule has 1 N–H and O–H groups in total. The van der Waals surface area contributed by atoms with Crippen molar-refractivity contribution in [3.63, 3.8) is 0 Å². The highest BCUT2D eigenvalue weighted by molar-refractivity contribution is 9.10. The second-order valence-corrected chi connectivity index (χ2v) is 6.59. The van der Waals surface area contributed by atoms with Crippen molar-refractivity contribution in [2.24, 2.45) is 0 Å². The Morgan fingerprint density at radius 2 is 1.88 bits per heavy atom. The van der Waals surface area contributed by atoms with Gasteiger partial charge in [-0.25, -0.2) is 0 Å². The molecule has 0 aliphatic rings. The van der Waals surface area contributed by atoms with Crippen LogP contribution in [0, 0.1) is 0 Å². The molecule has 0 aliphatic heterocycles. The van der Waals surface area contributed by atoms with Gasteiger partial charge in [-0.1, -0.05) is 42.5 Å². The molecular formula is C19H17BrN2O2. The van der Waals surface area contributed by atoms with E-state index in [0.29, 0.717) is 0 Å². The molecule has 3 aromatic rings. The summed E-state index contributed by atoms with van der Waals surface area (Å²) in [6, 6.07) is 17.1. The lowest BCUT2D eigenvalue weighted by Gasteiger charge is -2.17. The first-order chi connectivity index (χ1) is 11.5. The summed E-state index contributed by atoms with van der Waals surface area (Å²) in [4.78, 5) is 24.1. The number of nitrogens with one attached hydrogen (secondary N) is 1. The van der Waals surface area contributed by atoms with Crippen molar-refractivity contribution in [1.29, 1.82) is 0 Å². The number of hydrogen-bond donors (Lipinski definition) is 1. The molecule has 5 heteroatoms. The summed E-state index contributed by atoms with van der Waals surface area (Å²) in [5, 5.41) is 5.23. The number of pyridine rings is 1. The average Bonchev–Trinajstić information content (AvgIpc) is 2.57. The van der Waals surface area contributed by atoms with Crippen molar-refractivity contribution >= 4 is 32.6 Å². The zero-order chi connectivity index (χ0) is 17.1. The van der Waals surface area contributed by atoms with E-state index >= 15 is 0 Å². The van der Waals surface area contributed by atoms with Crippen molar-refractivity contribution in [3.05, 3.63) is 81.2 Å². The second kappa shape index (κ2) is 7.01. The fraction of sp³-hybridized carbons (Fsp3) is 0.158. The maximum absolute atomic E-state index is 12.3. The molecule has 0 spiro atoms. The smallest absolute Gasteiger partial charge is 0.251 e. The molecule has 0 radical (unpaired) electrons. The highest BCUT2D eigenvalue weighted by atomic mass is 79.9. The van der Waals surface area contributed by atoms with Crippen LogP contribution in [0.1, 0.15) is 18.5 Å². The minimum Gasteiger partial charge on any atom is -0.348 e. The van der Waals surface area contributed by atoms with E-state index in [2.05, 4.69) is 33.4 Å².